The van der Waals surface area contributed by atoms with Gasteiger partial charge in [0.2, 0.25) is 0 Å². The van der Waals surface area contributed by atoms with Crippen molar-refractivity contribution in [1.29, 1.82) is 0 Å². The lowest BCUT2D eigenvalue weighted by atomic mass is 10.0. The van der Waals surface area contributed by atoms with Crippen LogP contribution in [0.3, 0.4) is 0 Å². The molecule has 3 rings (SSSR count). The van der Waals surface area contributed by atoms with Crippen molar-refractivity contribution in [2.45, 2.75) is 31.6 Å². The van der Waals surface area contributed by atoms with Crippen molar-refractivity contribution in [1.82, 2.24) is 9.88 Å². The highest BCUT2D eigenvalue weighted by atomic mass is 32.1. The van der Waals surface area contributed by atoms with E-state index in [1.807, 2.05) is 0 Å². The molecule has 0 unspecified atom stereocenters. The van der Waals surface area contributed by atoms with Crippen LogP contribution in [0.15, 0.2) is 30.5 Å². The third-order valence-electron chi connectivity index (χ3n) is 4.02. The minimum Gasteiger partial charge on any atom is -0.359 e. The van der Waals surface area contributed by atoms with Crippen molar-refractivity contribution in [3.05, 3.63) is 46.7 Å². The molecule has 1 aromatic carbocycles. The number of thiazole rings is 1. The average Bonchev–Trinajstić information content (AvgIpc) is 3.00. The molecule has 0 atom stereocenters. The van der Waals surface area contributed by atoms with E-state index >= 15 is 0 Å². The maximum absolute atomic E-state index is 12.9. The van der Waals surface area contributed by atoms with Crippen molar-refractivity contribution in [2.24, 2.45) is 0 Å². The molecule has 24 heavy (non-hydrogen) atoms. The van der Waals surface area contributed by atoms with E-state index in [1.165, 1.54) is 12.1 Å². The first-order chi connectivity index (χ1) is 11.4. The van der Waals surface area contributed by atoms with Gasteiger partial charge >= 0.3 is 6.18 Å². The molecule has 1 aromatic heterocycles. The van der Waals surface area contributed by atoms with E-state index in [9.17, 15) is 17.6 Å². The van der Waals surface area contributed by atoms with Crippen LogP contribution in [0.2, 0.25) is 0 Å². The number of hydrogen-bond donors (Lipinski definition) is 1. The summed E-state index contributed by atoms with van der Waals surface area (Å²) in [5.41, 5.74) is 1.05. The zero-order chi connectivity index (χ0) is 17.2. The molecule has 0 spiro atoms. The summed E-state index contributed by atoms with van der Waals surface area (Å²) < 4.78 is 50.6. The number of rotatable bonds is 4. The van der Waals surface area contributed by atoms with Crippen LogP contribution in [0.5, 0.6) is 0 Å². The topological polar surface area (TPSA) is 28.2 Å². The fourth-order valence-corrected chi connectivity index (χ4v) is 3.49. The summed E-state index contributed by atoms with van der Waals surface area (Å²) in [4.78, 5) is 5.39. The Kier molecular flexibility index (Phi) is 5.05. The van der Waals surface area contributed by atoms with E-state index in [2.05, 4.69) is 15.2 Å². The number of nitrogens with zero attached hydrogens (tertiary/aromatic N) is 2. The van der Waals surface area contributed by atoms with Gasteiger partial charge in [0.05, 0.1) is 6.20 Å². The van der Waals surface area contributed by atoms with E-state index in [0.717, 1.165) is 44.2 Å². The minimum absolute atomic E-state index is 0.127. The highest BCUT2D eigenvalue weighted by molar-refractivity contribution is 7.15. The van der Waals surface area contributed by atoms with Crippen molar-refractivity contribution in [2.75, 3.05) is 18.4 Å². The molecule has 2 aromatic rings. The molecule has 8 heteroatoms. The van der Waals surface area contributed by atoms with Gasteiger partial charge in [-0.3, -0.25) is 4.90 Å². The second kappa shape index (κ2) is 7.06. The average molecular weight is 359 g/mol. The van der Waals surface area contributed by atoms with Crippen molar-refractivity contribution >= 4 is 16.5 Å². The van der Waals surface area contributed by atoms with E-state index in [0.29, 0.717) is 16.5 Å². The molecule has 0 amide bonds. The van der Waals surface area contributed by atoms with Gasteiger partial charge in [0.15, 0.2) is 5.13 Å². The van der Waals surface area contributed by atoms with Crippen LogP contribution in [0, 0.1) is 5.82 Å². The van der Waals surface area contributed by atoms with Crippen LogP contribution < -0.4 is 5.32 Å². The van der Waals surface area contributed by atoms with Gasteiger partial charge in [-0.2, -0.15) is 13.2 Å². The minimum atomic E-state index is -4.34. The van der Waals surface area contributed by atoms with Crippen molar-refractivity contribution < 1.29 is 17.6 Å². The van der Waals surface area contributed by atoms with Crippen LogP contribution in [0.25, 0.3) is 0 Å². The van der Waals surface area contributed by atoms with Crippen LogP contribution >= 0.6 is 11.3 Å². The highest BCUT2D eigenvalue weighted by Gasteiger charge is 2.33. The third-order valence-corrected chi connectivity index (χ3v) is 4.99. The molecule has 0 aliphatic carbocycles. The number of piperidine rings is 1. The Morgan fingerprint density at radius 1 is 1.17 bits per heavy atom. The highest BCUT2D eigenvalue weighted by Crippen LogP contribution is 2.35. The molecule has 3 nitrogen and oxygen atoms in total. The molecule has 1 saturated heterocycles. The lowest BCUT2D eigenvalue weighted by molar-refractivity contribution is -0.134. The summed E-state index contributed by atoms with van der Waals surface area (Å²) in [6.45, 7) is 2.43. The Morgan fingerprint density at radius 3 is 2.42 bits per heavy atom. The Bertz CT molecular complexity index is 661. The zero-order valence-electron chi connectivity index (χ0n) is 12.8. The molecule has 0 bridgehead atoms. The maximum Gasteiger partial charge on any atom is 0.427 e. The fourth-order valence-electron chi connectivity index (χ4n) is 2.73. The van der Waals surface area contributed by atoms with Gasteiger partial charge < -0.3 is 5.32 Å². The van der Waals surface area contributed by atoms with Gasteiger partial charge in [-0.1, -0.05) is 23.5 Å². The van der Waals surface area contributed by atoms with Crippen molar-refractivity contribution in [3.8, 4) is 0 Å². The predicted octanol–water partition coefficient (Wildman–Crippen LogP) is 4.38. The van der Waals surface area contributed by atoms with E-state index in [4.69, 9.17) is 0 Å². The van der Waals surface area contributed by atoms with Gasteiger partial charge in [-0.05, 0) is 30.5 Å². The third kappa shape index (κ3) is 4.45. The van der Waals surface area contributed by atoms with Crippen molar-refractivity contribution in [3.63, 3.8) is 0 Å². The van der Waals surface area contributed by atoms with Crippen LogP contribution in [0.4, 0.5) is 22.7 Å². The molecule has 130 valence electrons. The van der Waals surface area contributed by atoms with E-state index in [1.54, 1.807) is 12.1 Å². The zero-order valence-corrected chi connectivity index (χ0v) is 13.6. The second-order valence-corrected chi connectivity index (χ2v) is 6.88. The largest absolute Gasteiger partial charge is 0.427 e. The van der Waals surface area contributed by atoms with E-state index < -0.39 is 11.1 Å². The number of halogens is 4. The van der Waals surface area contributed by atoms with Gasteiger partial charge in [0.1, 0.15) is 10.7 Å². The maximum atomic E-state index is 12.9. The SMILES string of the molecule is Fc1ccc(CN2CCC(Nc3ncc(C(F)(F)F)s3)CC2)cc1. The number of aromatic nitrogens is 1. The lowest BCUT2D eigenvalue weighted by Crippen LogP contribution is -2.38. The van der Waals surface area contributed by atoms with Gasteiger partial charge in [-0.25, -0.2) is 9.37 Å². The Morgan fingerprint density at radius 2 is 1.83 bits per heavy atom. The quantitative estimate of drug-likeness (QED) is 0.822. The van der Waals surface area contributed by atoms with Gasteiger partial charge in [-0.15, -0.1) is 0 Å². The summed E-state index contributed by atoms with van der Waals surface area (Å²) >= 11 is 0.642. The summed E-state index contributed by atoms with van der Waals surface area (Å²) in [5, 5.41) is 3.42. The lowest BCUT2D eigenvalue weighted by Gasteiger charge is -2.32. The monoisotopic (exact) mass is 359 g/mol. The summed E-state index contributed by atoms with van der Waals surface area (Å²) in [7, 11) is 0. The predicted molar refractivity (Wildman–Crippen MR) is 85.4 cm³/mol. The standard InChI is InChI=1S/C16H17F4N3S/c17-12-3-1-11(2-4-12)10-23-7-5-13(6-8-23)22-15-21-9-14(24-15)16(18,19)20/h1-4,9,13H,5-8,10H2,(H,21,22). The number of anilines is 1. The Hall–Kier alpha value is -1.67. The summed E-state index contributed by atoms with van der Waals surface area (Å²) in [6.07, 6.45) is -1.79. The summed E-state index contributed by atoms with van der Waals surface area (Å²) in [6, 6.07) is 6.57. The first kappa shape index (κ1) is 17.2. The number of nitrogens with one attached hydrogen (secondary N) is 1. The molecule has 0 radical (unpaired) electrons. The number of hydrogen-bond acceptors (Lipinski definition) is 4. The molecule has 0 saturated carbocycles. The van der Waals surface area contributed by atoms with E-state index in [-0.39, 0.29) is 11.9 Å². The molecular formula is C16H17F4N3S. The number of benzene rings is 1. The fraction of sp³-hybridized carbons (Fsp3) is 0.438. The first-order valence-corrected chi connectivity index (χ1v) is 8.48. The van der Waals surface area contributed by atoms with Crippen LogP contribution in [0.1, 0.15) is 23.3 Å². The first-order valence-electron chi connectivity index (χ1n) is 7.66. The van der Waals surface area contributed by atoms with Crippen LogP contribution in [-0.4, -0.2) is 29.0 Å². The molecular weight excluding hydrogens is 342 g/mol. The Labute approximate surface area is 141 Å². The number of likely N-dealkylation sites (tertiary alicyclic amines) is 1. The normalized spacial score (nSPS) is 17.2. The molecule has 2 heterocycles. The van der Waals surface area contributed by atoms with Gasteiger partial charge in [0, 0.05) is 25.7 Å². The molecule has 1 N–H and O–H groups in total. The second-order valence-electron chi connectivity index (χ2n) is 5.85. The summed E-state index contributed by atoms with van der Waals surface area (Å²) in [5.74, 6) is -0.247. The van der Waals surface area contributed by atoms with Crippen LogP contribution in [-0.2, 0) is 12.7 Å². The Balaban J connectivity index is 1.48. The smallest absolute Gasteiger partial charge is 0.359 e. The molecule has 1 aliphatic rings. The van der Waals surface area contributed by atoms with Gasteiger partial charge in [0.25, 0.3) is 0 Å². The number of alkyl halides is 3. The molecule has 1 aliphatic heterocycles. The molecule has 1 fully saturated rings.